The molecule has 0 aliphatic rings. The SMILES string of the molecule is CC(C)C[C@H](NC(=O)/C(=C/c1ccccc1Cl)NC(=O)c1ccc(Br)cc1)C(=O)[O-]. The van der Waals surface area contributed by atoms with Crippen molar-refractivity contribution in [2.45, 2.75) is 26.3 Å². The average Bonchev–Trinajstić information content (AvgIpc) is 2.68. The Labute approximate surface area is 188 Å². The van der Waals surface area contributed by atoms with Crippen molar-refractivity contribution < 1.29 is 19.5 Å². The summed E-state index contributed by atoms with van der Waals surface area (Å²) in [4.78, 5) is 36.9. The topological polar surface area (TPSA) is 98.3 Å². The van der Waals surface area contributed by atoms with Crippen molar-refractivity contribution in [3.63, 3.8) is 0 Å². The zero-order valence-electron chi connectivity index (χ0n) is 16.4. The molecule has 0 fully saturated rings. The summed E-state index contributed by atoms with van der Waals surface area (Å²) in [6, 6.07) is 12.1. The number of carbonyl (C=O) groups excluding carboxylic acids is 3. The first-order chi connectivity index (χ1) is 14.2. The molecular formula is C22H21BrClN2O4-. The van der Waals surface area contributed by atoms with Crippen molar-refractivity contribution in [1.29, 1.82) is 0 Å². The monoisotopic (exact) mass is 491 g/mol. The molecule has 0 bridgehead atoms. The summed E-state index contributed by atoms with van der Waals surface area (Å²) >= 11 is 9.47. The minimum Gasteiger partial charge on any atom is -0.548 e. The Hall–Kier alpha value is -2.64. The predicted octanol–water partition coefficient (Wildman–Crippen LogP) is 3.15. The van der Waals surface area contributed by atoms with Crippen LogP contribution in [0.15, 0.2) is 58.7 Å². The first-order valence-corrected chi connectivity index (χ1v) is 10.4. The van der Waals surface area contributed by atoms with Gasteiger partial charge in [0.15, 0.2) is 0 Å². The standard InChI is InChI=1S/C22H22BrClN2O4/c1-13(2)11-19(22(29)30)26-21(28)18(12-15-5-3-4-6-17(15)24)25-20(27)14-7-9-16(23)10-8-14/h3-10,12-13,19H,11H2,1-2H3,(H,25,27)(H,26,28)(H,29,30)/p-1/b18-12-/t19-/m0/s1. The van der Waals surface area contributed by atoms with E-state index in [1.165, 1.54) is 6.08 Å². The van der Waals surface area contributed by atoms with Crippen molar-refractivity contribution >= 4 is 51.4 Å². The molecule has 0 saturated carbocycles. The van der Waals surface area contributed by atoms with Gasteiger partial charge in [-0.05, 0) is 54.3 Å². The van der Waals surface area contributed by atoms with Crippen LogP contribution in [0.2, 0.25) is 5.02 Å². The van der Waals surface area contributed by atoms with Crippen LogP contribution in [0.4, 0.5) is 0 Å². The summed E-state index contributed by atoms with van der Waals surface area (Å²) < 4.78 is 0.800. The highest BCUT2D eigenvalue weighted by molar-refractivity contribution is 9.10. The lowest BCUT2D eigenvalue weighted by Gasteiger charge is -2.22. The van der Waals surface area contributed by atoms with Gasteiger partial charge in [0.25, 0.3) is 11.8 Å². The first kappa shape index (κ1) is 23.6. The fourth-order valence-corrected chi connectivity index (χ4v) is 3.08. The number of hydrogen-bond acceptors (Lipinski definition) is 4. The Bertz CT molecular complexity index is 958. The highest BCUT2D eigenvalue weighted by Gasteiger charge is 2.20. The highest BCUT2D eigenvalue weighted by atomic mass is 79.9. The van der Waals surface area contributed by atoms with E-state index in [1.807, 2.05) is 13.8 Å². The van der Waals surface area contributed by atoms with E-state index in [0.717, 1.165) is 4.47 Å². The Kier molecular flexibility index (Phi) is 8.62. The van der Waals surface area contributed by atoms with E-state index in [-0.39, 0.29) is 18.0 Å². The molecule has 2 N–H and O–H groups in total. The molecule has 2 amide bonds. The minimum atomic E-state index is -1.40. The summed E-state index contributed by atoms with van der Waals surface area (Å²) in [6.07, 6.45) is 1.59. The van der Waals surface area contributed by atoms with Gasteiger partial charge in [0.05, 0.1) is 12.0 Å². The summed E-state index contributed by atoms with van der Waals surface area (Å²) in [6.45, 7) is 3.66. The van der Waals surface area contributed by atoms with Gasteiger partial charge in [-0.2, -0.15) is 0 Å². The van der Waals surface area contributed by atoms with Crippen LogP contribution < -0.4 is 15.7 Å². The maximum Gasteiger partial charge on any atom is 0.268 e. The van der Waals surface area contributed by atoms with Crippen LogP contribution in [0.3, 0.4) is 0 Å². The van der Waals surface area contributed by atoms with Crippen molar-refractivity contribution in [1.82, 2.24) is 10.6 Å². The smallest absolute Gasteiger partial charge is 0.268 e. The fraction of sp³-hybridized carbons (Fsp3) is 0.227. The summed E-state index contributed by atoms with van der Waals surface area (Å²) in [5.74, 6) is -2.66. The van der Waals surface area contributed by atoms with Crippen LogP contribution in [0.1, 0.15) is 36.2 Å². The fourth-order valence-electron chi connectivity index (χ4n) is 2.62. The average molecular weight is 493 g/mol. The Morgan fingerprint density at radius 2 is 1.73 bits per heavy atom. The number of halogens is 2. The van der Waals surface area contributed by atoms with Crippen molar-refractivity contribution in [2.24, 2.45) is 5.92 Å². The molecule has 2 rings (SSSR count). The zero-order chi connectivity index (χ0) is 22.3. The van der Waals surface area contributed by atoms with E-state index < -0.39 is 23.8 Å². The third-order valence-electron chi connectivity index (χ3n) is 4.10. The highest BCUT2D eigenvalue weighted by Crippen LogP contribution is 2.18. The van der Waals surface area contributed by atoms with Crippen molar-refractivity contribution in [3.05, 3.63) is 74.9 Å². The second kappa shape index (κ2) is 10.9. The number of benzene rings is 2. The largest absolute Gasteiger partial charge is 0.548 e. The molecule has 0 aliphatic heterocycles. The van der Waals surface area contributed by atoms with Gasteiger partial charge in [0, 0.05) is 15.1 Å². The van der Waals surface area contributed by atoms with Gasteiger partial charge in [-0.3, -0.25) is 9.59 Å². The van der Waals surface area contributed by atoms with E-state index in [0.29, 0.717) is 16.1 Å². The lowest BCUT2D eigenvalue weighted by atomic mass is 10.0. The lowest BCUT2D eigenvalue weighted by molar-refractivity contribution is -0.308. The number of aliphatic carboxylic acids is 1. The van der Waals surface area contributed by atoms with E-state index >= 15 is 0 Å². The molecule has 30 heavy (non-hydrogen) atoms. The molecule has 0 aliphatic carbocycles. The first-order valence-electron chi connectivity index (χ1n) is 9.22. The van der Waals surface area contributed by atoms with Crippen LogP contribution in [-0.2, 0) is 9.59 Å². The second-order valence-corrected chi connectivity index (χ2v) is 8.34. The van der Waals surface area contributed by atoms with E-state index in [4.69, 9.17) is 11.6 Å². The van der Waals surface area contributed by atoms with Crippen LogP contribution in [0.25, 0.3) is 6.08 Å². The van der Waals surface area contributed by atoms with Gasteiger partial charge in [-0.1, -0.05) is 59.6 Å². The number of hydrogen-bond donors (Lipinski definition) is 2. The van der Waals surface area contributed by atoms with Crippen molar-refractivity contribution in [3.8, 4) is 0 Å². The van der Waals surface area contributed by atoms with E-state index in [1.54, 1.807) is 48.5 Å². The third kappa shape index (κ3) is 7.00. The normalized spacial score (nSPS) is 12.4. The maximum absolute atomic E-state index is 12.8. The molecule has 158 valence electrons. The summed E-state index contributed by atoms with van der Waals surface area (Å²) in [7, 11) is 0. The second-order valence-electron chi connectivity index (χ2n) is 7.02. The molecule has 1 atom stereocenters. The molecule has 0 radical (unpaired) electrons. The molecule has 0 spiro atoms. The number of carboxylic acid groups (broad SMARTS) is 1. The van der Waals surface area contributed by atoms with Gasteiger partial charge in [-0.25, -0.2) is 0 Å². The third-order valence-corrected chi connectivity index (χ3v) is 4.97. The van der Waals surface area contributed by atoms with Gasteiger partial charge in [-0.15, -0.1) is 0 Å². The maximum atomic E-state index is 12.8. The quantitative estimate of drug-likeness (QED) is 0.553. The molecule has 6 nitrogen and oxygen atoms in total. The molecule has 0 heterocycles. The number of nitrogens with one attached hydrogen (secondary N) is 2. The molecule has 2 aromatic rings. The minimum absolute atomic E-state index is 0.0153. The van der Waals surface area contributed by atoms with E-state index in [2.05, 4.69) is 26.6 Å². The molecule has 8 heteroatoms. The van der Waals surface area contributed by atoms with E-state index in [9.17, 15) is 19.5 Å². The number of carbonyl (C=O) groups is 3. The van der Waals surface area contributed by atoms with Gasteiger partial charge < -0.3 is 20.5 Å². The van der Waals surface area contributed by atoms with Crippen LogP contribution >= 0.6 is 27.5 Å². The predicted molar refractivity (Wildman–Crippen MR) is 117 cm³/mol. The van der Waals surface area contributed by atoms with Crippen LogP contribution in [-0.4, -0.2) is 23.8 Å². The molecule has 0 saturated heterocycles. The van der Waals surface area contributed by atoms with Crippen molar-refractivity contribution in [2.75, 3.05) is 0 Å². The van der Waals surface area contributed by atoms with Crippen LogP contribution in [0.5, 0.6) is 0 Å². The molecule has 2 aromatic carbocycles. The Balaban J connectivity index is 2.34. The Morgan fingerprint density at radius 1 is 1.10 bits per heavy atom. The van der Waals surface area contributed by atoms with Gasteiger partial charge in [0.1, 0.15) is 5.70 Å². The van der Waals surface area contributed by atoms with Gasteiger partial charge in [0.2, 0.25) is 0 Å². The zero-order valence-corrected chi connectivity index (χ0v) is 18.8. The lowest BCUT2D eigenvalue weighted by Crippen LogP contribution is -2.50. The number of amides is 2. The molecule has 0 aromatic heterocycles. The molecule has 0 unspecified atom stereocenters. The summed E-state index contributed by atoms with van der Waals surface area (Å²) in [5, 5.41) is 16.8. The van der Waals surface area contributed by atoms with Gasteiger partial charge >= 0.3 is 0 Å². The molecular weight excluding hydrogens is 472 g/mol. The number of carboxylic acids is 1. The number of rotatable bonds is 8. The Morgan fingerprint density at radius 3 is 2.30 bits per heavy atom. The van der Waals surface area contributed by atoms with Crippen LogP contribution in [0, 0.1) is 5.92 Å². The summed E-state index contributed by atoms with van der Waals surface area (Å²) in [5.41, 5.74) is 0.690.